The van der Waals surface area contributed by atoms with E-state index in [1.54, 1.807) is 19.1 Å². The quantitative estimate of drug-likeness (QED) is 0.205. The van der Waals surface area contributed by atoms with Crippen molar-refractivity contribution in [3.63, 3.8) is 0 Å². The van der Waals surface area contributed by atoms with E-state index in [1.807, 2.05) is 44.2 Å². The van der Waals surface area contributed by atoms with Gasteiger partial charge in [0, 0.05) is 19.0 Å². The Morgan fingerprint density at radius 3 is 2.21 bits per heavy atom. The van der Waals surface area contributed by atoms with E-state index in [-0.39, 0.29) is 36.6 Å². The van der Waals surface area contributed by atoms with Crippen molar-refractivity contribution in [2.24, 2.45) is 11.5 Å². The molecule has 0 radical (unpaired) electrons. The summed E-state index contributed by atoms with van der Waals surface area (Å²) in [5.41, 5.74) is 15.2. The number of phenols is 1. The molecule has 9 heteroatoms. The Bertz CT molecular complexity index is 956. The van der Waals surface area contributed by atoms with E-state index < -0.39 is 18.0 Å². The second kappa shape index (κ2) is 11.9. The number of benzene rings is 2. The number of aryl methyl sites for hydroxylation is 2. The minimum absolute atomic E-state index is 0.144. The second-order valence-corrected chi connectivity index (χ2v) is 8.30. The number of nitrogens with two attached hydrogens (primary N) is 2. The molecular formula is C24H34N6O3. The SMILES string of the molecule is Cc1cc(O)cc(C)c1C[C@H](NC(=N)N)C(=O)N[C@H](C)C(=O)NC[C@@H](N)Cc1ccccc1. The van der Waals surface area contributed by atoms with E-state index in [4.69, 9.17) is 16.9 Å². The second-order valence-electron chi connectivity index (χ2n) is 8.30. The molecule has 0 bridgehead atoms. The molecule has 0 aromatic heterocycles. The van der Waals surface area contributed by atoms with Gasteiger partial charge in [-0.25, -0.2) is 0 Å². The first kappa shape index (κ1) is 25.7. The smallest absolute Gasteiger partial charge is 0.243 e. The summed E-state index contributed by atoms with van der Waals surface area (Å²) in [6.07, 6.45) is 0.859. The number of rotatable bonds is 10. The monoisotopic (exact) mass is 454 g/mol. The van der Waals surface area contributed by atoms with Gasteiger partial charge >= 0.3 is 0 Å². The molecule has 33 heavy (non-hydrogen) atoms. The van der Waals surface area contributed by atoms with Gasteiger partial charge in [-0.1, -0.05) is 30.3 Å². The number of hydrogen-bond donors (Lipinski definition) is 7. The summed E-state index contributed by atoms with van der Waals surface area (Å²) >= 11 is 0. The van der Waals surface area contributed by atoms with Gasteiger partial charge in [-0.05, 0) is 61.6 Å². The van der Waals surface area contributed by atoms with Crippen LogP contribution in [0.2, 0.25) is 0 Å². The number of hydrogen-bond acceptors (Lipinski definition) is 5. The standard InChI is InChI=1S/C24H34N6O3/c1-14-9-19(31)10-15(2)20(14)12-21(30-24(26)27)23(33)29-16(3)22(32)28-13-18(25)11-17-7-5-4-6-8-17/h4-10,16,18,21,31H,11-13,25H2,1-3H3,(H,28,32)(H,29,33)(H4,26,27,30)/t16-,18+,21+/m1/s1. The Hall–Kier alpha value is -3.59. The van der Waals surface area contributed by atoms with Gasteiger partial charge in [0.15, 0.2) is 5.96 Å². The highest BCUT2D eigenvalue weighted by Gasteiger charge is 2.25. The Morgan fingerprint density at radius 1 is 1.03 bits per heavy atom. The molecule has 2 rings (SSSR count). The molecular weight excluding hydrogens is 420 g/mol. The topological polar surface area (TPSA) is 166 Å². The highest BCUT2D eigenvalue weighted by molar-refractivity contribution is 5.92. The van der Waals surface area contributed by atoms with Crippen LogP contribution in [0.5, 0.6) is 5.75 Å². The third-order valence-corrected chi connectivity index (χ3v) is 5.37. The van der Waals surface area contributed by atoms with Gasteiger partial charge in [-0.3, -0.25) is 15.0 Å². The first-order valence-electron chi connectivity index (χ1n) is 10.8. The lowest BCUT2D eigenvalue weighted by atomic mass is 9.95. The zero-order valence-electron chi connectivity index (χ0n) is 19.3. The molecule has 2 aromatic carbocycles. The van der Waals surface area contributed by atoms with Gasteiger partial charge in [0.1, 0.15) is 17.8 Å². The van der Waals surface area contributed by atoms with Gasteiger partial charge < -0.3 is 32.5 Å². The van der Waals surface area contributed by atoms with Crippen LogP contribution in [-0.4, -0.2) is 47.6 Å². The number of carbonyl (C=O) groups is 2. The number of phenolic OH excluding ortho intramolecular Hbond substituents is 1. The van der Waals surface area contributed by atoms with E-state index in [9.17, 15) is 14.7 Å². The van der Waals surface area contributed by atoms with Gasteiger partial charge in [0.05, 0.1) is 0 Å². The Labute approximate surface area is 194 Å². The predicted octanol–water partition coefficient (Wildman–Crippen LogP) is 0.594. The molecule has 0 aliphatic heterocycles. The van der Waals surface area contributed by atoms with Crippen molar-refractivity contribution in [1.29, 1.82) is 5.41 Å². The van der Waals surface area contributed by atoms with Crippen LogP contribution in [0.3, 0.4) is 0 Å². The molecule has 2 aromatic rings. The highest BCUT2D eigenvalue weighted by Crippen LogP contribution is 2.22. The van der Waals surface area contributed by atoms with Gasteiger partial charge in [-0.15, -0.1) is 0 Å². The maximum atomic E-state index is 12.9. The van der Waals surface area contributed by atoms with Crippen molar-refractivity contribution in [1.82, 2.24) is 16.0 Å². The fraction of sp³-hybridized carbons (Fsp3) is 0.375. The van der Waals surface area contributed by atoms with E-state index in [0.717, 1.165) is 22.3 Å². The van der Waals surface area contributed by atoms with Crippen molar-refractivity contribution in [3.05, 3.63) is 64.7 Å². The number of guanidine groups is 1. The molecule has 0 unspecified atom stereocenters. The normalized spacial score (nSPS) is 13.5. The summed E-state index contributed by atoms with van der Waals surface area (Å²) < 4.78 is 0. The molecule has 9 N–H and O–H groups in total. The highest BCUT2D eigenvalue weighted by atomic mass is 16.3. The third-order valence-electron chi connectivity index (χ3n) is 5.37. The van der Waals surface area contributed by atoms with E-state index >= 15 is 0 Å². The fourth-order valence-corrected chi connectivity index (χ4v) is 3.65. The average Bonchev–Trinajstić information content (AvgIpc) is 2.73. The zero-order chi connectivity index (χ0) is 24.5. The fourth-order valence-electron chi connectivity index (χ4n) is 3.65. The van der Waals surface area contributed by atoms with Crippen molar-refractivity contribution in [3.8, 4) is 5.75 Å². The molecule has 0 spiro atoms. The summed E-state index contributed by atoms with van der Waals surface area (Å²) in [6, 6.07) is 11.1. The van der Waals surface area contributed by atoms with Crippen LogP contribution in [0.1, 0.15) is 29.2 Å². The summed E-state index contributed by atoms with van der Waals surface area (Å²) in [5.74, 6) is -1.03. The molecule has 0 fully saturated rings. The predicted molar refractivity (Wildman–Crippen MR) is 129 cm³/mol. The Balaban J connectivity index is 1.95. The average molecular weight is 455 g/mol. The van der Waals surface area contributed by atoms with Crippen LogP contribution in [0.4, 0.5) is 0 Å². The van der Waals surface area contributed by atoms with Crippen LogP contribution >= 0.6 is 0 Å². The lowest BCUT2D eigenvalue weighted by Gasteiger charge is -2.23. The first-order valence-corrected chi connectivity index (χ1v) is 10.8. The van der Waals surface area contributed by atoms with Crippen LogP contribution in [0, 0.1) is 19.3 Å². The van der Waals surface area contributed by atoms with Gasteiger partial charge in [0.25, 0.3) is 0 Å². The zero-order valence-corrected chi connectivity index (χ0v) is 19.3. The lowest BCUT2D eigenvalue weighted by Crippen LogP contribution is -2.55. The summed E-state index contributed by atoms with van der Waals surface area (Å²) in [6.45, 7) is 5.52. The van der Waals surface area contributed by atoms with Crippen LogP contribution in [0.15, 0.2) is 42.5 Å². The molecule has 0 saturated heterocycles. The molecule has 2 amide bonds. The molecule has 178 valence electrons. The van der Waals surface area contributed by atoms with Crippen molar-refractivity contribution >= 4 is 17.8 Å². The van der Waals surface area contributed by atoms with Crippen LogP contribution < -0.4 is 27.4 Å². The van der Waals surface area contributed by atoms with E-state index in [2.05, 4.69) is 16.0 Å². The summed E-state index contributed by atoms with van der Waals surface area (Å²) in [4.78, 5) is 25.4. The van der Waals surface area contributed by atoms with E-state index in [0.29, 0.717) is 6.42 Å². The van der Waals surface area contributed by atoms with E-state index in [1.165, 1.54) is 0 Å². The molecule has 9 nitrogen and oxygen atoms in total. The molecule has 0 aliphatic carbocycles. The molecule has 3 atom stereocenters. The third kappa shape index (κ3) is 8.12. The van der Waals surface area contributed by atoms with Gasteiger partial charge in [-0.2, -0.15) is 0 Å². The van der Waals surface area contributed by atoms with Crippen molar-refractivity contribution < 1.29 is 14.7 Å². The minimum Gasteiger partial charge on any atom is -0.508 e. The van der Waals surface area contributed by atoms with Crippen LogP contribution in [-0.2, 0) is 22.4 Å². The summed E-state index contributed by atoms with van der Waals surface area (Å²) in [5, 5.41) is 25.4. The minimum atomic E-state index is -0.861. The number of amides is 2. The Kier molecular flexibility index (Phi) is 9.23. The molecule has 0 saturated carbocycles. The maximum Gasteiger partial charge on any atom is 0.243 e. The first-order chi connectivity index (χ1) is 15.6. The maximum absolute atomic E-state index is 12.9. The largest absolute Gasteiger partial charge is 0.508 e. The summed E-state index contributed by atoms with van der Waals surface area (Å²) in [7, 11) is 0. The molecule has 0 aliphatic rings. The van der Waals surface area contributed by atoms with Crippen molar-refractivity contribution in [2.45, 2.75) is 51.7 Å². The molecule has 0 heterocycles. The van der Waals surface area contributed by atoms with Gasteiger partial charge in [0.2, 0.25) is 11.8 Å². The number of nitrogens with one attached hydrogen (secondary N) is 4. The van der Waals surface area contributed by atoms with Crippen LogP contribution in [0.25, 0.3) is 0 Å². The van der Waals surface area contributed by atoms with Crippen molar-refractivity contribution in [2.75, 3.05) is 6.54 Å². The lowest BCUT2D eigenvalue weighted by molar-refractivity contribution is -0.129. The number of carbonyl (C=O) groups excluding carboxylic acids is 2. The number of aromatic hydroxyl groups is 1. The Morgan fingerprint density at radius 2 is 1.64 bits per heavy atom.